The average molecular weight is 516 g/mol. The van der Waals surface area contributed by atoms with E-state index in [-0.39, 0.29) is 35.8 Å². The van der Waals surface area contributed by atoms with E-state index in [0.29, 0.717) is 13.1 Å². The molecule has 2 heterocycles. The van der Waals surface area contributed by atoms with Crippen LogP contribution in [0.2, 0.25) is 0 Å². The molecule has 0 amide bonds. The number of halogens is 2. The second kappa shape index (κ2) is 11.5. The number of morpholine rings is 1. The molecule has 1 aliphatic heterocycles. The van der Waals surface area contributed by atoms with Crippen molar-refractivity contribution in [2.24, 2.45) is 4.99 Å². The second-order valence-corrected chi connectivity index (χ2v) is 7.02. The third kappa shape index (κ3) is 6.68. The van der Waals surface area contributed by atoms with Crippen molar-refractivity contribution in [1.82, 2.24) is 15.1 Å². The summed E-state index contributed by atoms with van der Waals surface area (Å²) in [5.41, 5.74) is 1.03. The molecule has 8 heteroatoms. The molecular formula is C21H30FIN4O2. The molecule has 1 aromatic heterocycles. The lowest BCUT2D eigenvalue weighted by Crippen LogP contribution is -2.46. The van der Waals surface area contributed by atoms with E-state index in [9.17, 15) is 4.39 Å². The molecular weight excluding hydrogens is 486 g/mol. The maximum atomic E-state index is 13.1. The van der Waals surface area contributed by atoms with Crippen LogP contribution in [0.4, 0.5) is 4.39 Å². The molecule has 0 radical (unpaired) electrons. The summed E-state index contributed by atoms with van der Waals surface area (Å²) in [5.74, 6) is 2.41. The Morgan fingerprint density at radius 3 is 2.48 bits per heavy atom. The van der Waals surface area contributed by atoms with E-state index in [1.807, 2.05) is 31.0 Å². The highest BCUT2D eigenvalue weighted by atomic mass is 127. The van der Waals surface area contributed by atoms with E-state index < -0.39 is 0 Å². The predicted molar refractivity (Wildman–Crippen MR) is 123 cm³/mol. The first-order valence-electron chi connectivity index (χ1n) is 9.61. The van der Waals surface area contributed by atoms with E-state index in [1.165, 1.54) is 12.1 Å². The summed E-state index contributed by atoms with van der Waals surface area (Å²) in [4.78, 5) is 8.80. The number of rotatable bonds is 6. The Hall–Kier alpha value is -1.65. The zero-order valence-electron chi connectivity index (χ0n) is 17.2. The molecule has 3 rings (SSSR count). The van der Waals surface area contributed by atoms with Gasteiger partial charge in [0.1, 0.15) is 17.3 Å². The average Bonchev–Trinajstić information content (AvgIpc) is 3.13. The van der Waals surface area contributed by atoms with Crippen molar-refractivity contribution >= 4 is 29.9 Å². The van der Waals surface area contributed by atoms with Crippen LogP contribution in [0, 0.1) is 12.7 Å². The molecule has 1 aliphatic rings. The third-order valence-corrected chi connectivity index (χ3v) is 4.94. The normalized spacial score (nSPS) is 16.2. The van der Waals surface area contributed by atoms with Gasteiger partial charge in [-0.25, -0.2) is 4.39 Å². The smallest absolute Gasteiger partial charge is 0.193 e. The summed E-state index contributed by atoms with van der Waals surface area (Å²) in [7, 11) is 3.74. The standard InChI is InChI=1S/C21H29FN4O2.HI/c1-16-4-9-20(28-16)19(26-10-12-27-13-11-26)14-24-21(23-2)25(3)15-17-5-7-18(22)8-6-17;/h4-9,19H,10-15H2,1-3H3,(H,23,24);1H. The van der Waals surface area contributed by atoms with Crippen LogP contribution < -0.4 is 5.32 Å². The number of hydrogen-bond donors (Lipinski definition) is 1. The lowest BCUT2D eigenvalue weighted by atomic mass is 10.1. The number of nitrogens with zero attached hydrogens (tertiary/aromatic N) is 3. The van der Waals surface area contributed by atoms with Crippen LogP contribution in [-0.2, 0) is 11.3 Å². The monoisotopic (exact) mass is 516 g/mol. The molecule has 0 bridgehead atoms. The predicted octanol–water partition coefficient (Wildman–Crippen LogP) is 3.43. The SMILES string of the molecule is CN=C(NCC(c1ccc(C)o1)N1CCOCC1)N(C)Cc1ccc(F)cc1.I. The van der Waals surface area contributed by atoms with E-state index in [1.54, 1.807) is 19.2 Å². The van der Waals surface area contributed by atoms with Gasteiger partial charge in [0.25, 0.3) is 0 Å². The maximum absolute atomic E-state index is 13.1. The summed E-state index contributed by atoms with van der Waals surface area (Å²) < 4.78 is 24.5. The van der Waals surface area contributed by atoms with Gasteiger partial charge in [0.15, 0.2) is 5.96 Å². The highest BCUT2D eigenvalue weighted by Crippen LogP contribution is 2.23. The van der Waals surface area contributed by atoms with Gasteiger partial charge in [-0.05, 0) is 36.8 Å². The minimum Gasteiger partial charge on any atom is -0.465 e. The highest BCUT2D eigenvalue weighted by Gasteiger charge is 2.25. The van der Waals surface area contributed by atoms with Crippen LogP contribution in [0.15, 0.2) is 45.8 Å². The first-order chi connectivity index (χ1) is 13.6. The molecule has 1 atom stereocenters. The summed E-state index contributed by atoms with van der Waals surface area (Å²) in [6.07, 6.45) is 0. The number of guanidine groups is 1. The number of furan rings is 1. The molecule has 1 fully saturated rings. The molecule has 6 nitrogen and oxygen atoms in total. The van der Waals surface area contributed by atoms with Gasteiger partial charge in [-0.2, -0.15) is 0 Å². The van der Waals surface area contributed by atoms with Crippen molar-refractivity contribution in [2.45, 2.75) is 19.5 Å². The van der Waals surface area contributed by atoms with Gasteiger partial charge in [0.2, 0.25) is 0 Å². The number of hydrogen-bond acceptors (Lipinski definition) is 4. The zero-order valence-corrected chi connectivity index (χ0v) is 19.6. The van der Waals surface area contributed by atoms with Crippen LogP contribution in [0.25, 0.3) is 0 Å². The molecule has 0 spiro atoms. The summed E-state index contributed by atoms with van der Waals surface area (Å²) in [5, 5.41) is 3.47. The molecule has 160 valence electrons. The molecule has 29 heavy (non-hydrogen) atoms. The van der Waals surface area contributed by atoms with Crippen LogP contribution in [-0.4, -0.2) is 62.7 Å². The topological polar surface area (TPSA) is 53.2 Å². The minimum atomic E-state index is -0.226. The van der Waals surface area contributed by atoms with Gasteiger partial charge in [-0.1, -0.05) is 12.1 Å². The van der Waals surface area contributed by atoms with Gasteiger partial charge in [-0.3, -0.25) is 9.89 Å². The van der Waals surface area contributed by atoms with E-state index in [0.717, 1.165) is 49.3 Å². The highest BCUT2D eigenvalue weighted by molar-refractivity contribution is 14.0. The van der Waals surface area contributed by atoms with Gasteiger partial charge >= 0.3 is 0 Å². The molecule has 1 saturated heterocycles. The Labute approximate surface area is 189 Å². The number of benzene rings is 1. The van der Waals surface area contributed by atoms with Gasteiger partial charge in [0, 0.05) is 40.3 Å². The van der Waals surface area contributed by atoms with E-state index >= 15 is 0 Å². The van der Waals surface area contributed by atoms with Crippen LogP contribution >= 0.6 is 24.0 Å². The number of ether oxygens (including phenoxy) is 1. The fourth-order valence-corrected chi connectivity index (χ4v) is 3.44. The minimum absolute atomic E-state index is 0. The molecule has 1 unspecified atom stereocenters. The van der Waals surface area contributed by atoms with Crippen molar-refractivity contribution in [1.29, 1.82) is 0 Å². The zero-order chi connectivity index (χ0) is 19.9. The van der Waals surface area contributed by atoms with Crippen molar-refractivity contribution in [3.8, 4) is 0 Å². The number of aliphatic imine (C=N–C) groups is 1. The molecule has 2 aromatic rings. The Morgan fingerprint density at radius 1 is 1.21 bits per heavy atom. The van der Waals surface area contributed by atoms with Gasteiger partial charge in [-0.15, -0.1) is 24.0 Å². The quantitative estimate of drug-likeness (QED) is 0.363. The Kier molecular flexibility index (Phi) is 9.38. The number of nitrogens with one attached hydrogen (secondary N) is 1. The molecule has 0 saturated carbocycles. The Balaban J connectivity index is 0.00000300. The Morgan fingerprint density at radius 2 is 1.90 bits per heavy atom. The van der Waals surface area contributed by atoms with Gasteiger partial charge in [0.05, 0.1) is 19.3 Å². The first kappa shape index (κ1) is 23.6. The largest absolute Gasteiger partial charge is 0.465 e. The summed E-state index contributed by atoms with van der Waals surface area (Å²) in [6, 6.07) is 10.7. The van der Waals surface area contributed by atoms with E-state index in [2.05, 4.69) is 15.2 Å². The third-order valence-electron chi connectivity index (χ3n) is 4.94. The van der Waals surface area contributed by atoms with Crippen molar-refractivity contribution in [3.05, 3.63) is 59.3 Å². The number of aryl methyl sites for hydroxylation is 1. The fraction of sp³-hybridized carbons (Fsp3) is 0.476. The van der Waals surface area contributed by atoms with Crippen LogP contribution in [0.1, 0.15) is 23.1 Å². The van der Waals surface area contributed by atoms with E-state index in [4.69, 9.17) is 9.15 Å². The summed E-state index contributed by atoms with van der Waals surface area (Å²) >= 11 is 0. The van der Waals surface area contributed by atoms with Crippen molar-refractivity contribution in [3.63, 3.8) is 0 Å². The molecule has 1 aromatic carbocycles. The second-order valence-electron chi connectivity index (χ2n) is 7.02. The lowest BCUT2D eigenvalue weighted by Gasteiger charge is -2.34. The first-order valence-corrected chi connectivity index (χ1v) is 9.61. The van der Waals surface area contributed by atoms with Crippen molar-refractivity contribution < 1.29 is 13.5 Å². The lowest BCUT2D eigenvalue weighted by molar-refractivity contribution is 0.0123. The fourth-order valence-electron chi connectivity index (χ4n) is 3.44. The maximum Gasteiger partial charge on any atom is 0.193 e. The van der Waals surface area contributed by atoms with Crippen LogP contribution in [0.3, 0.4) is 0 Å². The van der Waals surface area contributed by atoms with Crippen molar-refractivity contribution in [2.75, 3.05) is 46.9 Å². The Bertz CT molecular complexity index is 775. The molecule has 1 N–H and O–H groups in total. The van der Waals surface area contributed by atoms with Crippen LogP contribution in [0.5, 0.6) is 0 Å². The van der Waals surface area contributed by atoms with Gasteiger partial charge < -0.3 is 19.4 Å². The molecule has 0 aliphatic carbocycles. The summed E-state index contributed by atoms with van der Waals surface area (Å²) in [6.45, 7) is 6.48.